The molecule has 0 saturated carbocycles. The lowest BCUT2D eigenvalue weighted by molar-refractivity contribution is -0.116. The topological polar surface area (TPSA) is 62.2 Å². The number of rotatable bonds is 7. The first-order valence-corrected chi connectivity index (χ1v) is 12.2. The number of nitrogens with zero attached hydrogens (tertiary/aromatic N) is 3. The minimum atomic E-state index is -0.465. The predicted octanol–water partition coefficient (Wildman–Crippen LogP) is 5.32. The quantitative estimate of drug-likeness (QED) is 0.337. The van der Waals surface area contributed by atoms with Crippen molar-refractivity contribution in [3.8, 4) is 5.69 Å². The maximum Gasteiger partial charge on any atom is 0.226 e. The van der Waals surface area contributed by atoms with E-state index in [1.807, 2.05) is 35.4 Å². The number of carbonyl (C=O) groups is 1. The maximum atomic E-state index is 14.0. The van der Waals surface area contributed by atoms with Crippen LogP contribution in [0.5, 0.6) is 0 Å². The number of thiocarbonyl (C=S) groups is 1. The molecule has 36 heavy (non-hydrogen) atoms. The Morgan fingerprint density at radius 3 is 2.58 bits per heavy atom. The minimum absolute atomic E-state index is 0.146. The molecule has 1 saturated heterocycles. The number of benzene rings is 2. The van der Waals surface area contributed by atoms with Crippen molar-refractivity contribution in [2.45, 2.75) is 25.4 Å². The second kappa shape index (κ2) is 10.3. The van der Waals surface area contributed by atoms with Crippen LogP contribution in [0.25, 0.3) is 5.69 Å². The largest absolute Gasteiger partial charge is 0.352 e. The SMILES string of the molecule is Cc1ccc(-n2cccc2[C@@H]2[C@H](c3ccccn3)NC(=S)N2CCC(=O)Nc2ccccc2F)cc1. The number of aromatic nitrogens is 2. The monoisotopic (exact) mass is 499 g/mol. The Kier molecular flexibility index (Phi) is 6.77. The zero-order valence-electron chi connectivity index (χ0n) is 19.8. The van der Waals surface area contributed by atoms with Gasteiger partial charge in [0.1, 0.15) is 5.82 Å². The van der Waals surface area contributed by atoms with Gasteiger partial charge in [0.2, 0.25) is 5.91 Å². The normalized spacial score (nSPS) is 17.2. The summed E-state index contributed by atoms with van der Waals surface area (Å²) in [6.45, 7) is 2.42. The highest BCUT2D eigenvalue weighted by Crippen LogP contribution is 2.39. The van der Waals surface area contributed by atoms with Crippen molar-refractivity contribution in [2.24, 2.45) is 0 Å². The van der Waals surface area contributed by atoms with Gasteiger partial charge in [0.05, 0.1) is 23.5 Å². The van der Waals surface area contributed by atoms with Crippen molar-refractivity contribution in [1.29, 1.82) is 0 Å². The summed E-state index contributed by atoms with van der Waals surface area (Å²) in [7, 11) is 0. The molecule has 0 aliphatic carbocycles. The van der Waals surface area contributed by atoms with Crippen LogP contribution in [0.3, 0.4) is 0 Å². The lowest BCUT2D eigenvalue weighted by Crippen LogP contribution is -2.33. The number of pyridine rings is 1. The average Bonchev–Trinajstić information content (AvgIpc) is 3.49. The van der Waals surface area contributed by atoms with Gasteiger partial charge < -0.3 is 20.1 Å². The van der Waals surface area contributed by atoms with Gasteiger partial charge in [-0.1, -0.05) is 35.9 Å². The summed E-state index contributed by atoms with van der Waals surface area (Å²) < 4.78 is 16.1. The van der Waals surface area contributed by atoms with E-state index < -0.39 is 5.82 Å². The van der Waals surface area contributed by atoms with Gasteiger partial charge in [0.25, 0.3) is 0 Å². The average molecular weight is 500 g/mol. The predicted molar refractivity (Wildman–Crippen MR) is 142 cm³/mol. The third-order valence-electron chi connectivity index (χ3n) is 6.32. The highest BCUT2D eigenvalue weighted by molar-refractivity contribution is 7.80. The van der Waals surface area contributed by atoms with Crippen molar-refractivity contribution >= 4 is 28.9 Å². The molecule has 1 amide bonds. The smallest absolute Gasteiger partial charge is 0.226 e. The van der Waals surface area contributed by atoms with E-state index in [0.717, 1.165) is 17.1 Å². The summed E-state index contributed by atoms with van der Waals surface area (Å²) in [5.74, 6) is -0.745. The lowest BCUT2D eigenvalue weighted by Gasteiger charge is -2.29. The molecule has 4 aromatic rings. The van der Waals surface area contributed by atoms with Gasteiger partial charge >= 0.3 is 0 Å². The third-order valence-corrected chi connectivity index (χ3v) is 6.67. The first-order chi connectivity index (χ1) is 17.5. The Hall–Kier alpha value is -4.04. The minimum Gasteiger partial charge on any atom is -0.352 e. The molecular formula is C28H26FN5OS. The van der Waals surface area contributed by atoms with Crippen LogP contribution in [0.2, 0.25) is 0 Å². The molecule has 8 heteroatoms. The molecule has 0 bridgehead atoms. The summed E-state index contributed by atoms with van der Waals surface area (Å²) in [5, 5.41) is 6.63. The number of amides is 1. The number of anilines is 1. The standard InChI is InChI=1S/C28H26FN5OS/c1-19-11-13-20(14-12-19)33-17-6-10-24(33)27-26(23-9-4-5-16-30-23)32-28(36)34(27)18-15-25(35)31-22-8-3-2-7-21(22)29/h2-14,16-17,26-27H,15,18H2,1H3,(H,31,35)(H,32,36)/t26-,27+/m0/s1. The van der Waals surface area contributed by atoms with E-state index in [4.69, 9.17) is 12.2 Å². The molecular weight excluding hydrogens is 473 g/mol. The van der Waals surface area contributed by atoms with Crippen LogP contribution in [-0.4, -0.2) is 32.0 Å². The Bertz CT molecular complexity index is 1370. The van der Waals surface area contributed by atoms with Crippen molar-refractivity contribution in [2.75, 3.05) is 11.9 Å². The Morgan fingerprint density at radius 2 is 1.83 bits per heavy atom. The van der Waals surface area contributed by atoms with Crippen LogP contribution in [0.15, 0.2) is 91.3 Å². The third kappa shape index (κ3) is 4.85. The van der Waals surface area contributed by atoms with Gasteiger partial charge in [0.15, 0.2) is 5.11 Å². The van der Waals surface area contributed by atoms with E-state index in [2.05, 4.69) is 57.4 Å². The Labute approximate surface area is 214 Å². The molecule has 3 heterocycles. The molecule has 2 aromatic heterocycles. The van der Waals surface area contributed by atoms with Crippen LogP contribution in [-0.2, 0) is 4.79 Å². The second-order valence-electron chi connectivity index (χ2n) is 8.74. The zero-order valence-corrected chi connectivity index (χ0v) is 20.6. The van der Waals surface area contributed by atoms with Crippen molar-refractivity contribution in [3.63, 3.8) is 0 Å². The van der Waals surface area contributed by atoms with E-state index in [0.29, 0.717) is 11.7 Å². The molecule has 5 rings (SSSR count). The first-order valence-electron chi connectivity index (χ1n) is 11.8. The molecule has 0 radical (unpaired) electrons. The van der Waals surface area contributed by atoms with Gasteiger partial charge in [-0.05, 0) is 67.7 Å². The number of hydrogen-bond acceptors (Lipinski definition) is 3. The van der Waals surface area contributed by atoms with E-state index in [9.17, 15) is 9.18 Å². The molecule has 1 fully saturated rings. The fourth-order valence-corrected chi connectivity index (χ4v) is 4.87. The number of nitrogens with one attached hydrogen (secondary N) is 2. The molecule has 1 aliphatic rings. The summed E-state index contributed by atoms with van der Waals surface area (Å²) in [6, 6.07) is 24.0. The summed E-state index contributed by atoms with van der Waals surface area (Å²) in [6.07, 6.45) is 3.94. The number of aryl methyl sites for hydroxylation is 1. The summed E-state index contributed by atoms with van der Waals surface area (Å²) in [4.78, 5) is 19.3. The highest BCUT2D eigenvalue weighted by atomic mass is 32.1. The fraction of sp³-hybridized carbons (Fsp3) is 0.179. The van der Waals surface area contributed by atoms with E-state index in [-0.39, 0.29) is 30.1 Å². The van der Waals surface area contributed by atoms with Crippen LogP contribution < -0.4 is 10.6 Å². The molecule has 0 unspecified atom stereocenters. The summed E-state index contributed by atoms with van der Waals surface area (Å²) >= 11 is 5.73. The molecule has 2 atom stereocenters. The number of hydrogen-bond donors (Lipinski definition) is 2. The first kappa shape index (κ1) is 23.7. The van der Waals surface area contributed by atoms with Crippen LogP contribution in [0.4, 0.5) is 10.1 Å². The Balaban J connectivity index is 1.44. The number of halogens is 1. The van der Waals surface area contributed by atoms with Gasteiger partial charge in [-0.25, -0.2) is 4.39 Å². The molecule has 1 aliphatic heterocycles. The zero-order chi connectivity index (χ0) is 25.1. The van der Waals surface area contributed by atoms with E-state index >= 15 is 0 Å². The van der Waals surface area contributed by atoms with E-state index in [1.165, 1.54) is 11.6 Å². The van der Waals surface area contributed by atoms with Crippen molar-refractivity contribution in [3.05, 3.63) is 114 Å². The fourth-order valence-electron chi connectivity index (χ4n) is 4.54. The molecule has 2 aromatic carbocycles. The van der Waals surface area contributed by atoms with Gasteiger partial charge in [-0.3, -0.25) is 9.78 Å². The van der Waals surface area contributed by atoms with Crippen LogP contribution >= 0.6 is 12.2 Å². The van der Waals surface area contributed by atoms with Crippen LogP contribution in [0, 0.1) is 12.7 Å². The van der Waals surface area contributed by atoms with Gasteiger partial charge in [0, 0.05) is 36.7 Å². The van der Waals surface area contributed by atoms with E-state index in [1.54, 1.807) is 24.4 Å². The highest BCUT2D eigenvalue weighted by Gasteiger charge is 2.41. The molecule has 0 spiro atoms. The molecule has 6 nitrogen and oxygen atoms in total. The number of carbonyl (C=O) groups excluding carboxylic acids is 1. The number of para-hydroxylation sites is 1. The van der Waals surface area contributed by atoms with Crippen molar-refractivity contribution in [1.82, 2.24) is 19.8 Å². The van der Waals surface area contributed by atoms with Gasteiger partial charge in [-0.2, -0.15) is 0 Å². The lowest BCUT2D eigenvalue weighted by atomic mass is 10.0. The van der Waals surface area contributed by atoms with Gasteiger partial charge in [-0.15, -0.1) is 0 Å². The second-order valence-corrected chi connectivity index (χ2v) is 9.12. The molecule has 2 N–H and O–H groups in total. The van der Waals surface area contributed by atoms with Crippen LogP contribution in [0.1, 0.15) is 35.5 Å². The summed E-state index contributed by atoms with van der Waals surface area (Å²) in [5.41, 5.74) is 4.28. The maximum absolute atomic E-state index is 14.0. The Morgan fingerprint density at radius 1 is 1.06 bits per heavy atom. The molecule has 182 valence electrons. The van der Waals surface area contributed by atoms with Crippen molar-refractivity contribution < 1.29 is 9.18 Å².